The van der Waals surface area contributed by atoms with Gasteiger partial charge in [0.1, 0.15) is 4.75 Å². The minimum absolute atomic E-state index is 0.0144. The average molecular weight is 359 g/mol. The quantitative estimate of drug-likeness (QED) is 0.820. The summed E-state index contributed by atoms with van der Waals surface area (Å²) in [5.41, 5.74) is 0.0144. The van der Waals surface area contributed by atoms with E-state index in [0.29, 0.717) is 19.6 Å². The fourth-order valence-corrected chi connectivity index (χ4v) is 5.92. The van der Waals surface area contributed by atoms with Crippen molar-refractivity contribution in [3.63, 3.8) is 0 Å². The standard InChI is InChI=1S/C16H19F2NO4S/c1-2-23-8-12-5-6-24(21,22)16(12)9-19(10-16)15(20)11-3-4-13(17)14(18)7-11/h3-4,7,12H,2,5-6,8-10H2,1H3/t12-/m0/s1. The van der Waals surface area contributed by atoms with E-state index in [1.54, 1.807) is 0 Å². The lowest BCUT2D eigenvalue weighted by atomic mass is 9.83. The summed E-state index contributed by atoms with van der Waals surface area (Å²) >= 11 is 0. The van der Waals surface area contributed by atoms with Crippen LogP contribution < -0.4 is 0 Å². The lowest BCUT2D eigenvalue weighted by Gasteiger charge is -2.49. The molecule has 5 nitrogen and oxygen atoms in total. The van der Waals surface area contributed by atoms with Gasteiger partial charge in [-0.15, -0.1) is 0 Å². The number of halogens is 2. The Morgan fingerprint density at radius 3 is 2.67 bits per heavy atom. The number of likely N-dealkylation sites (tertiary alicyclic amines) is 1. The smallest absolute Gasteiger partial charge is 0.254 e. The molecule has 0 aliphatic carbocycles. The third-order valence-corrected chi connectivity index (χ3v) is 7.60. The van der Waals surface area contributed by atoms with Crippen molar-refractivity contribution in [1.29, 1.82) is 0 Å². The molecule has 0 unspecified atom stereocenters. The van der Waals surface area contributed by atoms with E-state index in [4.69, 9.17) is 4.74 Å². The maximum absolute atomic E-state index is 13.3. The van der Waals surface area contributed by atoms with Gasteiger partial charge in [-0.1, -0.05) is 0 Å². The fraction of sp³-hybridized carbons (Fsp3) is 0.562. The van der Waals surface area contributed by atoms with Crippen LogP contribution in [0.3, 0.4) is 0 Å². The number of carbonyl (C=O) groups is 1. The van der Waals surface area contributed by atoms with Gasteiger partial charge in [0.15, 0.2) is 21.5 Å². The first-order chi connectivity index (χ1) is 11.3. The second-order valence-electron chi connectivity index (χ2n) is 6.32. The second kappa shape index (κ2) is 6.07. The second-order valence-corrected chi connectivity index (χ2v) is 8.77. The van der Waals surface area contributed by atoms with Gasteiger partial charge < -0.3 is 9.64 Å². The third kappa shape index (κ3) is 2.61. The highest BCUT2D eigenvalue weighted by molar-refractivity contribution is 7.93. The van der Waals surface area contributed by atoms with E-state index in [9.17, 15) is 22.0 Å². The van der Waals surface area contributed by atoms with Crippen molar-refractivity contribution in [3.05, 3.63) is 35.4 Å². The Balaban J connectivity index is 1.76. The topological polar surface area (TPSA) is 63.7 Å². The predicted octanol–water partition coefficient (Wildman–Crippen LogP) is 1.63. The summed E-state index contributed by atoms with van der Waals surface area (Å²) in [6.07, 6.45) is 0.523. The fourth-order valence-electron chi connectivity index (χ4n) is 3.52. The Morgan fingerprint density at radius 1 is 1.33 bits per heavy atom. The number of nitrogens with zero attached hydrogens (tertiary/aromatic N) is 1. The molecule has 0 radical (unpaired) electrons. The van der Waals surface area contributed by atoms with Crippen LogP contribution in [0.15, 0.2) is 18.2 Å². The molecule has 0 N–H and O–H groups in total. The van der Waals surface area contributed by atoms with Crippen molar-refractivity contribution < 1.29 is 26.7 Å². The van der Waals surface area contributed by atoms with Crippen molar-refractivity contribution in [2.24, 2.45) is 5.92 Å². The van der Waals surface area contributed by atoms with Gasteiger partial charge in [0.25, 0.3) is 5.91 Å². The van der Waals surface area contributed by atoms with E-state index >= 15 is 0 Å². The van der Waals surface area contributed by atoms with E-state index in [2.05, 4.69) is 0 Å². The SMILES string of the molecule is CCOC[C@@H]1CCS(=O)(=O)C12CN(C(=O)c1ccc(F)c(F)c1)C2. The molecule has 2 aliphatic heterocycles. The summed E-state index contributed by atoms with van der Waals surface area (Å²) < 4.78 is 55.6. The predicted molar refractivity (Wildman–Crippen MR) is 83.4 cm³/mol. The molecule has 0 aromatic heterocycles. The molecular weight excluding hydrogens is 340 g/mol. The summed E-state index contributed by atoms with van der Waals surface area (Å²) in [6.45, 7) is 2.85. The van der Waals surface area contributed by atoms with Gasteiger partial charge in [-0.3, -0.25) is 4.79 Å². The van der Waals surface area contributed by atoms with Gasteiger partial charge in [0.2, 0.25) is 0 Å². The molecular formula is C16H19F2NO4S. The molecule has 8 heteroatoms. The minimum Gasteiger partial charge on any atom is -0.381 e. The van der Waals surface area contributed by atoms with Gasteiger partial charge >= 0.3 is 0 Å². The molecule has 2 aliphatic rings. The number of rotatable bonds is 4. The number of hydrogen-bond acceptors (Lipinski definition) is 4. The van der Waals surface area contributed by atoms with E-state index in [0.717, 1.165) is 12.1 Å². The lowest BCUT2D eigenvalue weighted by molar-refractivity contribution is 0.0270. The van der Waals surface area contributed by atoms with E-state index in [1.165, 1.54) is 11.0 Å². The first-order valence-electron chi connectivity index (χ1n) is 7.85. The Hall–Kier alpha value is -1.54. The average Bonchev–Trinajstić information content (AvgIpc) is 2.76. The number of carbonyl (C=O) groups excluding carboxylic acids is 1. The van der Waals surface area contributed by atoms with Gasteiger partial charge in [-0.2, -0.15) is 0 Å². The summed E-state index contributed by atoms with van der Waals surface area (Å²) in [5.74, 6) is -2.66. The number of amides is 1. The summed E-state index contributed by atoms with van der Waals surface area (Å²) in [7, 11) is -3.30. The highest BCUT2D eigenvalue weighted by Gasteiger charge is 2.62. The molecule has 0 bridgehead atoms. The Labute approximate surface area is 139 Å². The molecule has 2 saturated heterocycles. The molecule has 3 rings (SSSR count). The Morgan fingerprint density at radius 2 is 2.04 bits per heavy atom. The van der Waals surface area contributed by atoms with Gasteiger partial charge in [0, 0.05) is 31.2 Å². The van der Waals surface area contributed by atoms with Crippen molar-refractivity contribution in [3.8, 4) is 0 Å². The Bertz CT molecular complexity index is 759. The van der Waals surface area contributed by atoms with Crippen molar-refractivity contribution in [1.82, 2.24) is 4.90 Å². The van der Waals surface area contributed by atoms with Gasteiger partial charge in [0.05, 0.1) is 12.4 Å². The van der Waals surface area contributed by atoms with E-state index < -0.39 is 32.1 Å². The van der Waals surface area contributed by atoms with Crippen LogP contribution in [0.4, 0.5) is 8.78 Å². The summed E-state index contributed by atoms with van der Waals surface area (Å²) in [4.78, 5) is 13.7. The molecule has 1 atom stereocenters. The highest BCUT2D eigenvalue weighted by Crippen LogP contribution is 2.45. The monoisotopic (exact) mass is 359 g/mol. The van der Waals surface area contributed by atoms with Crippen LogP contribution in [0.2, 0.25) is 0 Å². The summed E-state index contributed by atoms with van der Waals surface area (Å²) in [6, 6.07) is 2.93. The first kappa shape index (κ1) is 17.3. The number of sulfone groups is 1. The summed E-state index contributed by atoms with van der Waals surface area (Å²) in [5, 5.41) is 0. The normalized spacial score (nSPS) is 24.1. The molecule has 24 heavy (non-hydrogen) atoms. The van der Waals surface area contributed by atoms with Crippen LogP contribution in [-0.4, -0.2) is 56.0 Å². The Kier molecular flexibility index (Phi) is 4.37. The first-order valence-corrected chi connectivity index (χ1v) is 9.50. The molecule has 1 aromatic rings. The van der Waals surface area contributed by atoms with Gasteiger partial charge in [-0.05, 0) is 31.5 Å². The molecule has 1 amide bonds. The lowest BCUT2D eigenvalue weighted by Crippen LogP contribution is -2.68. The zero-order valence-corrected chi connectivity index (χ0v) is 14.1. The van der Waals surface area contributed by atoms with Crippen LogP contribution >= 0.6 is 0 Å². The largest absolute Gasteiger partial charge is 0.381 e. The number of hydrogen-bond donors (Lipinski definition) is 0. The molecule has 2 fully saturated rings. The van der Waals surface area contributed by atoms with Crippen LogP contribution in [0, 0.1) is 17.6 Å². The molecule has 1 aromatic carbocycles. The van der Waals surface area contributed by atoms with Crippen LogP contribution in [-0.2, 0) is 14.6 Å². The molecule has 0 saturated carbocycles. The van der Waals surface area contributed by atoms with E-state index in [-0.39, 0.29) is 30.3 Å². The van der Waals surface area contributed by atoms with Crippen LogP contribution in [0.25, 0.3) is 0 Å². The molecule has 1 spiro atoms. The third-order valence-electron chi connectivity index (χ3n) is 4.99. The molecule has 132 valence electrons. The maximum Gasteiger partial charge on any atom is 0.254 e. The zero-order chi connectivity index (χ0) is 17.5. The number of ether oxygens (including phenoxy) is 1. The van der Waals surface area contributed by atoms with Gasteiger partial charge in [-0.25, -0.2) is 17.2 Å². The number of benzene rings is 1. The van der Waals surface area contributed by atoms with Crippen molar-refractivity contribution >= 4 is 15.7 Å². The van der Waals surface area contributed by atoms with Crippen LogP contribution in [0.1, 0.15) is 23.7 Å². The zero-order valence-electron chi connectivity index (χ0n) is 13.3. The van der Waals surface area contributed by atoms with Crippen molar-refractivity contribution in [2.75, 3.05) is 32.1 Å². The molecule has 2 heterocycles. The minimum atomic E-state index is -3.30. The highest BCUT2D eigenvalue weighted by atomic mass is 32.2. The van der Waals surface area contributed by atoms with Crippen LogP contribution in [0.5, 0.6) is 0 Å². The maximum atomic E-state index is 13.3. The van der Waals surface area contributed by atoms with Crippen molar-refractivity contribution in [2.45, 2.75) is 18.1 Å². The van der Waals surface area contributed by atoms with E-state index in [1.807, 2.05) is 6.92 Å².